The van der Waals surface area contributed by atoms with Crippen LogP contribution in [0, 0.1) is 5.92 Å². The number of fused-ring (bicyclic) bond motifs is 1. The normalized spacial score (nSPS) is 19.0. The molecule has 0 fully saturated rings. The summed E-state index contributed by atoms with van der Waals surface area (Å²) < 4.78 is 0. The van der Waals surface area contributed by atoms with Gasteiger partial charge in [0.25, 0.3) is 5.91 Å². The molecule has 2 aromatic rings. The monoisotopic (exact) mass is 318 g/mol. The molecule has 4 rings (SSSR count). The van der Waals surface area contributed by atoms with Crippen LogP contribution in [0.4, 0.5) is 0 Å². The number of amidine groups is 1. The molecule has 0 saturated carbocycles. The summed E-state index contributed by atoms with van der Waals surface area (Å²) >= 11 is 0. The van der Waals surface area contributed by atoms with Gasteiger partial charge in [0.1, 0.15) is 17.6 Å². The summed E-state index contributed by atoms with van der Waals surface area (Å²) in [5, 5.41) is 7.12. The largest absolute Gasteiger partial charge is 0.271 e. The molecular formula is C17H14N6O. The lowest BCUT2D eigenvalue weighted by molar-refractivity contribution is -0.118. The number of rotatable bonds is 4. The van der Waals surface area contributed by atoms with E-state index < -0.39 is 0 Å². The average Bonchev–Trinajstić information content (AvgIpc) is 3.10. The number of hydrogen-bond acceptors (Lipinski definition) is 5. The van der Waals surface area contributed by atoms with Crippen molar-refractivity contribution in [3.05, 3.63) is 54.7 Å². The van der Waals surface area contributed by atoms with Gasteiger partial charge < -0.3 is 0 Å². The standard InChI is InChI=1S/C17H14N6O/c24-17-12-3-1-2-4-13(12)19-14(21-17)5-6-15-20-16(23-22-15)11-7-9-18-10-8-11/h1-4,7-10,12H,5-6H2,(H,20,22,23). The van der Waals surface area contributed by atoms with E-state index in [1.54, 1.807) is 12.4 Å². The van der Waals surface area contributed by atoms with Crippen LogP contribution in [0.1, 0.15) is 12.2 Å². The number of pyridine rings is 1. The Bertz CT molecular complexity index is 891. The maximum Gasteiger partial charge on any atom is 0.260 e. The Kier molecular flexibility index (Phi) is 3.66. The number of allylic oxidation sites excluding steroid dienone is 3. The topological polar surface area (TPSA) is 96.2 Å². The van der Waals surface area contributed by atoms with Gasteiger partial charge >= 0.3 is 0 Å². The zero-order valence-corrected chi connectivity index (χ0v) is 12.8. The van der Waals surface area contributed by atoms with Crippen LogP contribution < -0.4 is 0 Å². The fourth-order valence-electron chi connectivity index (χ4n) is 2.60. The number of amides is 1. The van der Waals surface area contributed by atoms with Crippen LogP contribution in [0.3, 0.4) is 0 Å². The van der Waals surface area contributed by atoms with Gasteiger partial charge in [0.2, 0.25) is 0 Å². The van der Waals surface area contributed by atoms with Gasteiger partial charge in [-0.3, -0.25) is 14.9 Å². The molecule has 2 aromatic heterocycles. The van der Waals surface area contributed by atoms with E-state index in [4.69, 9.17) is 0 Å². The fraction of sp³-hybridized carbons (Fsp3) is 0.176. The highest BCUT2D eigenvalue weighted by atomic mass is 16.1. The maximum atomic E-state index is 12.0. The number of nitrogens with zero attached hydrogens (tertiary/aromatic N) is 5. The number of H-pyrrole nitrogens is 1. The number of carbonyl (C=O) groups is 1. The minimum atomic E-state index is -0.331. The summed E-state index contributed by atoms with van der Waals surface area (Å²) in [6, 6.07) is 3.71. The van der Waals surface area contributed by atoms with E-state index in [-0.39, 0.29) is 11.8 Å². The molecule has 2 aliphatic rings. The van der Waals surface area contributed by atoms with E-state index in [2.05, 4.69) is 30.2 Å². The Morgan fingerprint density at radius 1 is 1.08 bits per heavy atom. The van der Waals surface area contributed by atoms with Crippen molar-refractivity contribution in [1.82, 2.24) is 20.2 Å². The van der Waals surface area contributed by atoms with Crippen molar-refractivity contribution >= 4 is 17.5 Å². The number of carbonyl (C=O) groups excluding carboxylic acids is 1. The van der Waals surface area contributed by atoms with Gasteiger partial charge in [0.15, 0.2) is 5.82 Å². The Balaban J connectivity index is 1.45. The van der Waals surface area contributed by atoms with Crippen molar-refractivity contribution in [3.8, 4) is 11.4 Å². The predicted octanol–water partition coefficient (Wildman–Crippen LogP) is 1.92. The summed E-state index contributed by atoms with van der Waals surface area (Å²) in [5.41, 5.74) is 1.66. The van der Waals surface area contributed by atoms with E-state index in [1.807, 2.05) is 36.4 Å². The summed E-state index contributed by atoms with van der Waals surface area (Å²) in [6.07, 6.45) is 11.9. The van der Waals surface area contributed by atoms with E-state index in [1.165, 1.54) is 0 Å². The van der Waals surface area contributed by atoms with Crippen LogP contribution in [-0.4, -0.2) is 37.6 Å². The zero-order valence-electron chi connectivity index (χ0n) is 12.8. The lowest BCUT2D eigenvalue weighted by Gasteiger charge is -2.17. The number of aromatic amines is 1. The zero-order chi connectivity index (χ0) is 16.4. The molecular weight excluding hydrogens is 304 g/mol. The molecule has 0 radical (unpaired) electrons. The van der Waals surface area contributed by atoms with Crippen molar-refractivity contribution in [2.24, 2.45) is 15.9 Å². The van der Waals surface area contributed by atoms with Crippen molar-refractivity contribution in [2.75, 3.05) is 0 Å². The highest BCUT2D eigenvalue weighted by molar-refractivity contribution is 6.21. The molecule has 0 bridgehead atoms. The minimum absolute atomic E-state index is 0.161. The molecule has 1 atom stereocenters. The molecule has 0 aromatic carbocycles. The van der Waals surface area contributed by atoms with Gasteiger partial charge in [-0.2, -0.15) is 10.1 Å². The van der Waals surface area contributed by atoms with E-state index in [0.29, 0.717) is 24.5 Å². The Morgan fingerprint density at radius 2 is 1.96 bits per heavy atom. The number of nitrogens with one attached hydrogen (secondary N) is 1. The highest BCUT2D eigenvalue weighted by Crippen LogP contribution is 2.18. The Morgan fingerprint density at radius 3 is 2.83 bits per heavy atom. The molecule has 24 heavy (non-hydrogen) atoms. The molecule has 7 heteroatoms. The van der Waals surface area contributed by atoms with E-state index in [0.717, 1.165) is 17.1 Å². The molecule has 118 valence electrons. The second kappa shape index (κ2) is 6.11. The molecule has 3 heterocycles. The number of aromatic nitrogens is 4. The van der Waals surface area contributed by atoms with Crippen LogP contribution in [-0.2, 0) is 11.2 Å². The lowest BCUT2D eigenvalue weighted by atomic mass is 9.96. The van der Waals surface area contributed by atoms with Crippen LogP contribution in [0.5, 0.6) is 0 Å². The van der Waals surface area contributed by atoms with E-state index in [9.17, 15) is 4.79 Å². The molecule has 1 unspecified atom stereocenters. The summed E-state index contributed by atoms with van der Waals surface area (Å²) in [6.45, 7) is 0. The fourth-order valence-corrected chi connectivity index (χ4v) is 2.60. The van der Waals surface area contributed by atoms with Gasteiger partial charge in [-0.15, -0.1) is 0 Å². The second-order valence-electron chi connectivity index (χ2n) is 5.47. The minimum Gasteiger partial charge on any atom is -0.271 e. The van der Waals surface area contributed by atoms with Crippen molar-refractivity contribution in [3.63, 3.8) is 0 Å². The van der Waals surface area contributed by atoms with Crippen LogP contribution in [0.25, 0.3) is 11.4 Å². The van der Waals surface area contributed by atoms with Crippen LogP contribution in [0.15, 0.2) is 58.8 Å². The molecule has 1 aliphatic carbocycles. The average molecular weight is 318 g/mol. The quantitative estimate of drug-likeness (QED) is 0.931. The van der Waals surface area contributed by atoms with Gasteiger partial charge in [-0.05, 0) is 18.2 Å². The Labute approximate surface area is 138 Å². The summed E-state index contributed by atoms with van der Waals surface area (Å²) in [4.78, 5) is 29.0. The molecule has 0 spiro atoms. The number of hydrogen-bond donors (Lipinski definition) is 1. The first-order valence-electron chi connectivity index (χ1n) is 7.66. The van der Waals surface area contributed by atoms with Crippen LogP contribution in [0.2, 0.25) is 0 Å². The van der Waals surface area contributed by atoms with Crippen molar-refractivity contribution in [2.45, 2.75) is 12.8 Å². The van der Waals surface area contributed by atoms with E-state index >= 15 is 0 Å². The first-order valence-corrected chi connectivity index (χ1v) is 7.66. The first-order chi connectivity index (χ1) is 11.8. The highest BCUT2D eigenvalue weighted by Gasteiger charge is 2.26. The second-order valence-corrected chi connectivity index (χ2v) is 5.47. The molecule has 1 N–H and O–H groups in total. The molecule has 1 amide bonds. The van der Waals surface area contributed by atoms with Crippen molar-refractivity contribution in [1.29, 1.82) is 0 Å². The van der Waals surface area contributed by atoms with Gasteiger partial charge in [0.05, 0.1) is 5.71 Å². The smallest absolute Gasteiger partial charge is 0.260 e. The third kappa shape index (κ3) is 2.83. The summed E-state index contributed by atoms with van der Waals surface area (Å²) in [5.74, 6) is 1.40. The van der Waals surface area contributed by atoms with Gasteiger partial charge in [-0.1, -0.05) is 18.2 Å². The summed E-state index contributed by atoms with van der Waals surface area (Å²) in [7, 11) is 0. The van der Waals surface area contributed by atoms with Crippen LogP contribution >= 0.6 is 0 Å². The number of aliphatic imine (C=N–C) groups is 2. The van der Waals surface area contributed by atoms with Crippen molar-refractivity contribution < 1.29 is 4.79 Å². The SMILES string of the molecule is O=C1N=C(CCc2nc(-c3ccncc3)n[nH]2)N=C2C=CC=CC12. The first kappa shape index (κ1) is 14.4. The lowest BCUT2D eigenvalue weighted by Crippen LogP contribution is -2.27. The van der Waals surface area contributed by atoms with Gasteiger partial charge in [-0.25, -0.2) is 9.98 Å². The molecule has 1 aliphatic heterocycles. The molecule has 0 saturated heterocycles. The maximum absolute atomic E-state index is 12.0. The predicted molar refractivity (Wildman–Crippen MR) is 89.6 cm³/mol. The number of aryl methyl sites for hydroxylation is 1. The van der Waals surface area contributed by atoms with Gasteiger partial charge in [0, 0.05) is 30.8 Å². The third-order valence-corrected chi connectivity index (χ3v) is 3.82. The Hall–Kier alpha value is -3.22. The third-order valence-electron chi connectivity index (χ3n) is 3.82. The molecule has 7 nitrogen and oxygen atoms in total.